The molecule has 0 saturated carbocycles. The molecule has 0 amide bonds. The molecule has 184 valence electrons. The van der Waals surface area contributed by atoms with E-state index in [1.807, 2.05) is 36.4 Å². The van der Waals surface area contributed by atoms with Gasteiger partial charge >= 0.3 is 0 Å². The molecule has 0 aliphatic carbocycles. The predicted molar refractivity (Wildman–Crippen MR) is 142 cm³/mol. The van der Waals surface area contributed by atoms with Crippen molar-refractivity contribution in [3.63, 3.8) is 0 Å². The van der Waals surface area contributed by atoms with Gasteiger partial charge in [0.15, 0.2) is 11.6 Å². The summed E-state index contributed by atoms with van der Waals surface area (Å²) in [5.41, 5.74) is 6.53. The van der Waals surface area contributed by atoms with Gasteiger partial charge < -0.3 is 0 Å². The Morgan fingerprint density at radius 1 is 1.05 bits per heavy atom. The minimum absolute atomic E-state index is 0.0761. The number of nitrogens with one attached hydrogen (secondary N) is 2. The molecule has 0 unspecified atom stereocenters. The van der Waals surface area contributed by atoms with Gasteiger partial charge in [0, 0.05) is 5.39 Å². The van der Waals surface area contributed by atoms with Crippen molar-refractivity contribution in [1.29, 1.82) is 0 Å². The number of benzene rings is 3. The second-order valence-corrected chi connectivity index (χ2v) is 8.84. The molecule has 2 heterocycles. The highest BCUT2D eigenvalue weighted by molar-refractivity contribution is 6.32. The van der Waals surface area contributed by atoms with Crippen LogP contribution < -0.4 is 0 Å². The lowest BCUT2D eigenvalue weighted by molar-refractivity contribution is -0.114. The summed E-state index contributed by atoms with van der Waals surface area (Å²) in [7, 11) is 0. The summed E-state index contributed by atoms with van der Waals surface area (Å²) < 4.78 is 13.8. The molecule has 2 N–H and O–H groups in total. The third-order valence-corrected chi connectivity index (χ3v) is 6.34. The molecule has 0 saturated heterocycles. The van der Waals surface area contributed by atoms with E-state index in [1.165, 1.54) is 18.2 Å². The van der Waals surface area contributed by atoms with Crippen molar-refractivity contribution in [2.45, 2.75) is 19.8 Å². The number of rotatable bonds is 8. The third-order valence-electron chi connectivity index (χ3n) is 6.02. The monoisotopic (exact) mass is 512 g/mol. The van der Waals surface area contributed by atoms with Crippen LogP contribution in [-0.4, -0.2) is 36.6 Å². The molecular weight excluding hydrogens is 491 g/mol. The van der Waals surface area contributed by atoms with Crippen LogP contribution in [0.5, 0.6) is 0 Å². The summed E-state index contributed by atoms with van der Waals surface area (Å²) in [4.78, 5) is 12.2. The van der Waals surface area contributed by atoms with Crippen LogP contribution in [0.2, 0.25) is 5.02 Å². The van der Waals surface area contributed by atoms with Crippen LogP contribution in [0.4, 0.5) is 4.39 Å². The maximum Gasteiger partial charge on any atom is 0.182 e. The highest BCUT2D eigenvalue weighted by Gasteiger charge is 2.16. The van der Waals surface area contributed by atoms with Crippen LogP contribution in [-0.2, 0) is 11.2 Å². The van der Waals surface area contributed by atoms with Crippen molar-refractivity contribution in [2.75, 3.05) is 0 Å². The van der Waals surface area contributed by atoms with Crippen molar-refractivity contribution in [1.82, 2.24) is 30.8 Å². The largest absolute Gasteiger partial charge is 0.294 e. The zero-order valence-electron chi connectivity index (χ0n) is 19.9. The van der Waals surface area contributed by atoms with Crippen molar-refractivity contribution in [3.8, 4) is 0 Å². The maximum atomic E-state index is 13.8. The zero-order chi connectivity index (χ0) is 25.8. The molecule has 0 aliphatic heterocycles. The number of aromatic nitrogens is 6. The smallest absolute Gasteiger partial charge is 0.182 e. The van der Waals surface area contributed by atoms with Gasteiger partial charge in [-0.05, 0) is 70.2 Å². The average molecular weight is 513 g/mol. The van der Waals surface area contributed by atoms with E-state index in [-0.39, 0.29) is 18.0 Å². The first-order valence-electron chi connectivity index (χ1n) is 11.7. The fourth-order valence-electron chi connectivity index (χ4n) is 4.27. The first-order chi connectivity index (χ1) is 18.0. The SMILES string of the molecule is CC/C(=C(/c1ccc(/C=C/C(=O)Cc2nn[nH]n2)cc1)c1ccc2[nH]ncc2c1)c1ccc(F)cc1Cl. The summed E-state index contributed by atoms with van der Waals surface area (Å²) in [6, 6.07) is 18.5. The molecule has 0 radical (unpaired) electrons. The van der Waals surface area contributed by atoms with Crippen LogP contribution in [0.3, 0.4) is 0 Å². The van der Waals surface area contributed by atoms with Crippen molar-refractivity contribution < 1.29 is 9.18 Å². The summed E-state index contributed by atoms with van der Waals surface area (Å²) in [5.74, 6) is -0.157. The highest BCUT2D eigenvalue weighted by atomic mass is 35.5. The van der Waals surface area contributed by atoms with Crippen molar-refractivity contribution >= 4 is 45.5 Å². The number of tetrazole rings is 1. The molecule has 7 nitrogen and oxygen atoms in total. The number of aromatic amines is 2. The quantitative estimate of drug-likeness (QED) is 0.194. The third kappa shape index (κ3) is 5.39. The van der Waals surface area contributed by atoms with Gasteiger partial charge in [-0.1, -0.05) is 66.2 Å². The Balaban J connectivity index is 1.55. The molecule has 2 aromatic heterocycles. The van der Waals surface area contributed by atoms with Gasteiger partial charge in [-0.25, -0.2) is 4.39 Å². The molecule has 0 aliphatic rings. The van der Waals surface area contributed by atoms with Crippen LogP contribution in [0.25, 0.3) is 28.1 Å². The van der Waals surface area contributed by atoms with Gasteiger partial charge in [0.1, 0.15) is 5.82 Å². The zero-order valence-corrected chi connectivity index (χ0v) is 20.6. The molecule has 0 bridgehead atoms. The van der Waals surface area contributed by atoms with E-state index >= 15 is 0 Å². The summed E-state index contributed by atoms with van der Waals surface area (Å²) in [6.07, 6.45) is 5.80. The van der Waals surface area contributed by atoms with Gasteiger partial charge in [-0.2, -0.15) is 10.3 Å². The summed E-state index contributed by atoms with van der Waals surface area (Å²) in [6.45, 7) is 2.05. The van der Waals surface area contributed by atoms with Crippen molar-refractivity contribution in [2.24, 2.45) is 0 Å². The van der Waals surface area contributed by atoms with E-state index in [1.54, 1.807) is 18.3 Å². The van der Waals surface area contributed by atoms with Crippen molar-refractivity contribution in [3.05, 3.63) is 112 Å². The maximum absolute atomic E-state index is 13.8. The molecule has 0 atom stereocenters. The lowest BCUT2D eigenvalue weighted by Gasteiger charge is -2.18. The Kier molecular flexibility index (Phi) is 7.00. The van der Waals surface area contributed by atoms with Gasteiger partial charge in [0.25, 0.3) is 0 Å². The van der Waals surface area contributed by atoms with Crippen LogP contribution in [0, 0.1) is 5.82 Å². The second-order valence-electron chi connectivity index (χ2n) is 8.43. The van der Waals surface area contributed by atoms with Gasteiger partial charge in [0.2, 0.25) is 0 Å². The predicted octanol–water partition coefficient (Wildman–Crippen LogP) is 6.06. The number of H-pyrrole nitrogens is 2. The number of nitrogens with zero attached hydrogens (tertiary/aromatic N) is 4. The standard InChI is InChI=1S/C28H22ClFN6O/c1-2-23(24-11-9-21(30)14-25(24)29)28(19-8-12-26-20(13-19)16-31-32-26)18-6-3-17(4-7-18)5-10-22(37)15-27-33-35-36-34-27/h3-14,16H,2,15H2,1H3,(H,31,32)(H,33,34,35,36)/b10-5+,28-23+. The minimum Gasteiger partial charge on any atom is -0.294 e. The number of fused-ring (bicyclic) bond motifs is 1. The van der Waals surface area contributed by atoms with E-state index < -0.39 is 0 Å². The first-order valence-corrected chi connectivity index (χ1v) is 12.1. The normalized spacial score (nSPS) is 12.3. The molecule has 0 fully saturated rings. The van der Waals surface area contributed by atoms with Crippen LogP contribution >= 0.6 is 11.6 Å². The number of carbonyl (C=O) groups is 1. The molecule has 5 aromatic rings. The van der Waals surface area contributed by atoms with Gasteiger partial charge in [-0.3, -0.25) is 9.89 Å². The molecule has 0 spiro atoms. The molecule has 37 heavy (non-hydrogen) atoms. The first kappa shape index (κ1) is 24.3. The Labute approximate surface area is 217 Å². The minimum atomic E-state index is -0.379. The number of hydrogen-bond donors (Lipinski definition) is 2. The number of carbonyl (C=O) groups excluding carboxylic acids is 1. The number of hydrogen-bond acceptors (Lipinski definition) is 5. The summed E-state index contributed by atoms with van der Waals surface area (Å²) >= 11 is 6.50. The second kappa shape index (κ2) is 10.7. The number of halogens is 2. The fraction of sp³-hybridized carbons (Fsp3) is 0.107. The Morgan fingerprint density at radius 2 is 1.86 bits per heavy atom. The number of allylic oxidation sites excluding steroid dienone is 2. The van der Waals surface area contributed by atoms with E-state index in [0.717, 1.165) is 44.3 Å². The topological polar surface area (TPSA) is 100 Å². The van der Waals surface area contributed by atoms with Gasteiger partial charge in [0.05, 0.1) is 23.2 Å². The van der Waals surface area contributed by atoms with Gasteiger partial charge in [-0.15, -0.1) is 10.2 Å². The summed E-state index contributed by atoms with van der Waals surface area (Å²) in [5, 5.41) is 21.9. The van der Waals surface area contributed by atoms with E-state index in [9.17, 15) is 9.18 Å². The van der Waals surface area contributed by atoms with E-state index in [0.29, 0.717) is 17.3 Å². The van der Waals surface area contributed by atoms with Crippen LogP contribution in [0.15, 0.2) is 72.9 Å². The fourth-order valence-corrected chi connectivity index (χ4v) is 4.55. The molecule has 9 heteroatoms. The number of ketones is 1. The van der Waals surface area contributed by atoms with E-state index in [4.69, 9.17) is 11.6 Å². The van der Waals surface area contributed by atoms with E-state index in [2.05, 4.69) is 43.8 Å². The molecule has 5 rings (SSSR count). The Bertz CT molecular complexity index is 1620. The highest BCUT2D eigenvalue weighted by Crippen LogP contribution is 2.38. The Hall–Kier alpha value is -4.43. The lowest BCUT2D eigenvalue weighted by Crippen LogP contribution is -2.00. The Morgan fingerprint density at radius 3 is 2.59 bits per heavy atom. The van der Waals surface area contributed by atoms with Crippen LogP contribution in [0.1, 0.15) is 41.4 Å². The lowest BCUT2D eigenvalue weighted by atomic mass is 9.87. The molecular formula is C28H22ClFN6O. The molecule has 3 aromatic carbocycles. The average Bonchev–Trinajstić information content (AvgIpc) is 3.59.